The highest BCUT2D eigenvalue weighted by molar-refractivity contribution is 7.94. The highest BCUT2D eigenvalue weighted by atomic mass is 32.2. The van der Waals surface area contributed by atoms with Crippen LogP contribution in [0.3, 0.4) is 0 Å². The summed E-state index contributed by atoms with van der Waals surface area (Å²) in [6.45, 7) is 1.95. The Labute approximate surface area is 110 Å². The minimum Gasteiger partial charge on any atom is -0.219 e. The molecule has 0 bridgehead atoms. The maximum absolute atomic E-state index is 12.1. The zero-order valence-electron chi connectivity index (χ0n) is 10.8. The molecule has 1 fully saturated rings. The van der Waals surface area contributed by atoms with Gasteiger partial charge in [-0.1, -0.05) is 43.0 Å². The van der Waals surface area contributed by atoms with Crippen LogP contribution in [-0.4, -0.2) is 8.42 Å². The molecule has 1 aliphatic carbocycles. The highest BCUT2D eigenvalue weighted by Gasteiger charge is 2.13. The summed E-state index contributed by atoms with van der Waals surface area (Å²) in [7, 11) is -3.26. The lowest BCUT2D eigenvalue weighted by molar-refractivity contribution is 0.419. The third-order valence-corrected chi connectivity index (χ3v) is 4.97. The van der Waals surface area contributed by atoms with Crippen molar-refractivity contribution in [2.45, 2.75) is 43.9 Å². The van der Waals surface area contributed by atoms with E-state index in [9.17, 15) is 8.42 Å². The van der Waals surface area contributed by atoms with Crippen molar-refractivity contribution in [2.24, 2.45) is 5.92 Å². The molecular weight excluding hydrogens is 244 g/mol. The third-order valence-electron chi connectivity index (χ3n) is 3.53. The first-order valence-electron chi connectivity index (χ1n) is 6.58. The molecule has 2 nitrogen and oxygen atoms in total. The van der Waals surface area contributed by atoms with E-state index in [1.807, 2.05) is 25.1 Å². The molecule has 2 rings (SSSR count). The summed E-state index contributed by atoms with van der Waals surface area (Å²) < 4.78 is 24.2. The lowest BCUT2D eigenvalue weighted by Gasteiger charge is -2.17. The van der Waals surface area contributed by atoms with Gasteiger partial charge in [-0.15, -0.1) is 0 Å². The van der Waals surface area contributed by atoms with Gasteiger partial charge in [-0.2, -0.15) is 0 Å². The van der Waals surface area contributed by atoms with Gasteiger partial charge in [-0.25, -0.2) is 8.42 Å². The second kappa shape index (κ2) is 5.70. The van der Waals surface area contributed by atoms with Crippen LogP contribution in [0.2, 0.25) is 0 Å². The average molecular weight is 264 g/mol. The molecule has 0 radical (unpaired) electrons. The van der Waals surface area contributed by atoms with Crippen LogP contribution >= 0.6 is 0 Å². The van der Waals surface area contributed by atoms with Crippen molar-refractivity contribution in [1.29, 1.82) is 0 Å². The smallest absolute Gasteiger partial charge is 0.199 e. The van der Waals surface area contributed by atoms with Crippen molar-refractivity contribution in [1.82, 2.24) is 0 Å². The molecule has 98 valence electrons. The van der Waals surface area contributed by atoms with E-state index in [0.29, 0.717) is 10.8 Å². The van der Waals surface area contributed by atoms with Gasteiger partial charge in [-0.3, -0.25) is 0 Å². The molecule has 3 heteroatoms. The van der Waals surface area contributed by atoms with Gasteiger partial charge < -0.3 is 0 Å². The topological polar surface area (TPSA) is 34.1 Å². The minimum atomic E-state index is -3.26. The van der Waals surface area contributed by atoms with Gasteiger partial charge in [0.1, 0.15) is 0 Å². The molecule has 1 aromatic carbocycles. The quantitative estimate of drug-likeness (QED) is 0.830. The molecule has 18 heavy (non-hydrogen) atoms. The van der Waals surface area contributed by atoms with Crippen LogP contribution in [0.4, 0.5) is 0 Å². The summed E-state index contributed by atoms with van der Waals surface area (Å²) in [6, 6.07) is 7.02. The molecule has 1 aliphatic rings. The van der Waals surface area contributed by atoms with E-state index < -0.39 is 9.84 Å². The Morgan fingerprint density at radius 2 is 1.67 bits per heavy atom. The SMILES string of the molecule is Cc1ccc(S(=O)(=O)C=CC2CCCCC2)cc1. The largest absolute Gasteiger partial charge is 0.219 e. The number of hydrogen-bond acceptors (Lipinski definition) is 2. The molecule has 0 saturated heterocycles. The normalized spacial score (nSPS) is 18.3. The molecule has 0 unspecified atom stereocenters. The van der Waals surface area contributed by atoms with Crippen LogP contribution in [0.15, 0.2) is 40.6 Å². The standard InChI is InChI=1S/C15H20O2S/c1-13-7-9-15(10-8-13)18(16,17)12-11-14-5-3-2-4-6-14/h7-12,14H,2-6H2,1H3. The summed E-state index contributed by atoms with van der Waals surface area (Å²) in [4.78, 5) is 0.389. The summed E-state index contributed by atoms with van der Waals surface area (Å²) in [6.07, 6.45) is 7.86. The maximum atomic E-state index is 12.1. The van der Waals surface area contributed by atoms with E-state index in [4.69, 9.17) is 0 Å². The predicted octanol–water partition coefficient (Wildman–Crippen LogP) is 3.86. The van der Waals surface area contributed by atoms with Crippen LogP contribution in [0, 0.1) is 12.8 Å². The average Bonchev–Trinajstić information content (AvgIpc) is 2.38. The molecule has 1 aromatic rings. The zero-order valence-corrected chi connectivity index (χ0v) is 11.6. The molecule has 1 saturated carbocycles. The van der Waals surface area contributed by atoms with E-state index in [1.54, 1.807) is 12.1 Å². The van der Waals surface area contributed by atoms with Crippen molar-refractivity contribution in [3.8, 4) is 0 Å². The fraction of sp³-hybridized carbons (Fsp3) is 0.467. The van der Waals surface area contributed by atoms with E-state index in [2.05, 4.69) is 0 Å². The summed E-state index contributed by atoms with van der Waals surface area (Å²) in [5.74, 6) is 0.443. The van der Waals surface area contributed by atoms with Gasteiger partial charge >= 0.3 is 0 Å². The number of rotatable bonds is 3. The van der Waals surface area contributed by atoms with Crippen molar-refractivity contribution in [3.63, 3.8) is 0 Å². The van der Waals surface area contributed by atoms with Gasteiger partial charge in [0.05, 0.1) is 4.90 Å². The lowest BCUT2D eigenvalue weighted by atomic mass is 9.90. The van der Waals surface area contributed by atoms with E-state index >= 15 is 0 Å². The number of allylic oxidation sites excluding steroid dienone is 1. The van der Waals surface area contributed by atoms with Crippen molar-refractivity contribution in [2.75, 3.05) is 0 Å². The zero-order chi connectivity index (χ0) is 13.0. The molecule has 0 aromatic heterocycles. The molecule has 0 atom stereocenters. The third kappa shape index (κ3) is 3.45. The second-order valence-corrected chi connectivity index (χ2v) is 6.92. The summed E-state index contributed by atoms with van der Waals surface area (Å²) in [5, 5.41) is 1.40. The fourth-order valence-corrected chi connectivity index (χ4v) is 3.45. The Kier molecular flexibility index (Phi) is 4.23. The van der Waals surface area contributed by atoms with Crippen molar-refractivity contribution < 1.29 is 8.42 Å². The van der Waals surface area contributed by atoms with Gasteiger partial charge in [-0.05, 0) is 37.8 Å². The monoisotopic (exact) mass is 264 g/mol. The number of sulfone groups is 1. The van der Waals surface area contributed by atoms with Gasteiger partial charge in [0.2, 0.25) is 0 Å². The minimum absolute atomic E-state index is 0.389. The Hall–Kier alpha value is -1.09. The second-order valence-electron chi connectivity index (χ2n) is 5.08. The van der Waals surface area contributed by atoms with Crippen LogP contribution < -0.4 is 0 Å². The van der Waals surface area contributed by atoms with Gasteiger partial charge in [0.15, 0.2) is 9.84 Å². The number of benzene rings is 1. The van der Waals surface area contributed by atoms with Crippen molar-refractivity contribution in [3.05, 3.63) is 41.3 Å². The number of aryl methyl sites for hydroxylation is 1. The molecule has 0 N–H and O–H groups in total. The van der Waals surface area contributed by atoms with Gasteiger partial charge in [0, 0.05) is 5.41 Å². The van der Waals surface area contributed by atoms with Gasteiger partial charge in [0.25, 0.3) is 0 Å². The Balaban J connectivity index is 2.11. The Morgan fingerprint density at radius 3 is 2.28 bits per heavy atom. The first kappa shape index (κ1) is 13.3. The fourth-order valence-electron chi connectivity index (χ4n) is 2.35. The lowest BCUT2D eigenvalue weighted by Crippen LogP contribution is -2.04. The van der Waals surface area contributed by atoms with E-state index in [-0.39, 0.29) is 0 Å². The predicted molar refractivity (Wildman–Crippen MR) is 74.1 cm³/mol. The summed E-state index contributed by atoms with van der Waals surface area (Å²) in [5.41, 5.74) is 1.07. The summed E-state index contributed by atoms with van der Waals surface area (Å²) >= 11 is 0. The molecular formula is C15H20O2S. The van der Waals surface area contributed by atoms with E-state index in [1.165, 1.54) is 24.7 Å². The molecule has 0 aliphatic heterocycles. The van der Waals surface area contributed by atoms with Crippen LogP contribution in [0.25, 0.3) is 0 Å². The van der Waals surface area contributed by atoms with E-state index in [0.717, 1.165) is 18.4 Å². The Bertz CT molecular complexity index is 506. The Morgan fingerprint density at radius 1 is 1.06 bits per heavy atom. The molecule has 0 spiro atoms. The van der Waals surface area contributed by atoms with Crippen LogP contribution in [0.5, 0.6) is 0 Å². The molecule has 0 amide bonds. The van der Waals surface area contributed by atoms with Crippen LogP contribution in [0.1, 0.15) is 37.7 Å². The maximum Gasteiger partial charge on any atom is 0.199 e. The first-order chi connectivity index (χ1) is 8.58. The first-order valence-corrected chi connectivity index (χ1v) is 8.12. The molecule has 0 heterocycles. The van der Waals surface area contributed by atoms with Crippen molar-refractivity contribution >= 4 is 9.84 Å². The number of hydrogen-bond donors (Lipinski definition) is 0. The van der Waals surface area contributed by atoms with Crippen LogP contribution in [-0.2, 0) is 9.84 Å². The highest BCUT2D eigenvalue weighted by Crippen LogP contribution is 2.25.